The van der Waals surface area contributed by atoms with Crippen molar-refractivity contribution in [3.8, 4) is 0 Å². The van der Waals surface area contributed by atoms with Crippen LogP contribution in [0.4, 0.5) is 5.95 Å². The average Bonchev–Trinajstić information content (AvgIpc) is 2.64. The topological polar surface area (TPSA) is 108 Å². The number of nitrogens with one attached hydrogen (secondary N) is 1. The van der Waals surface area contributed by atoms with Gasteiger partial charge in [-0.1, -0.05) is 32.2 Å². The Labute approximate surface area is 161 Å². The van der Waals surface area contributed by atoms with E-state index in [9.17, 15) is 4.89 Å². The summed E-state index contributed by atoms with van der Waals surface area (Å²) < 4.78 is 5.89. The first kappa shape index (κ1) is 21.6. The van der Waals surface area contributed by atoms with E-state index in [-0.39, 0.29) is 11.8 Å². The van der Waals surface area contributed by atoms with E-state index < -0.39 is 7.51 Å². The zero-order chi connectivity index (χ0) is 19.0. The van der Waals surface area contributed by atoms with Crippen molar-refractivity contribution >= 4 is 25.4 Å². The number of hydrogen-bond acceptors (Lipinski definition) is 7. The Balaban J connectivity index is 1.89. The van der Waals surface area contributed by atoms with Crippen molar-refractivity contribution in [2.45, 2.75) is 64.1 Å². The molecular weight excluding hydrogens is 369 g/mol. The van der Waals surface area contributed by atoms with Crippen LogP contribution < -0.4 is 10.0 Å². The number of nitrogens with two attached hydrogens (primary N) is 1. The van der Waals surface area contributed by atoms with Gasteiger partial charge in [-0.2, -0.15) is 0 Å². The summed E-state index contributed by atoms with van der Waals surface area (Å²) >= 11 is 1.32. The molecule has 1 saturated heterocycles. The van der Waals surface area contributed by atoms with Gasteiger partial charge in [-0.3, -0.25) is 10.3 Å². The number of anilines is 1. The summed E-state index contributed by atoms with van der Waals surface area (Å²) in [4.78, 5) is 21.7. The van der Waals surface area contributed by atoms with Gasteiger partial charge in [0.05, 0.1) is 6.10 Å². The first-order chi connectivity index (χ1) is 12.5. The Hall–Kier alpha value is -0.660. The fraction of sp³-hybridized carbons (Fsp3) is 0.765. The van der Waals surface area contributed by atoms with Crippen molar-refractivity contribution < 1.29 is 9.42 Å². The summed E-state index contributed by atoms with van der Waals surface area (Å²) in [5.74, 6) is 1.59. The third-order valence-electron chi connectivity index (χ3n) is 4.80. The minimum atomic E-state index is -3.06. The number of nitrogens with zero attached hydrogens (tertiary/aromatic N) is 3. The minimum absolute atomic E-state index is 0.0361. The lowest BCUT2D eigenvalue weighted by molar-refractivity contribution is 0.160. The van der Waals surface area contributed by atoms with Gasteiger partial charge in [-0.25, -0.2) is 9.97 Å². The molecule has 2 unspecified atom stereocenters. The van der Waals surface area contributed by atoms with Crippen LogP contribution in [0.3, 0.4) is 0 Å². The van der Waals surface area contributed by atoms with Crippen LogP contribution in [-0.4, -0.2) is 45.5 Å². The third-order valence-corrected chi connectivity index (χ3v) is 7.47. The van der Waals surface area contributed by atoms with Gasteiger partial charge in [0.15, 0.2) is 0 Å². The number of rotatable bonds is 10. The fourth-order valence-electron chi connectivity index (χ4n) is 3.27. The maximum Gasteiger partial charge on any atom is 0.225 e. The molecule has 26 heavy (non-hydrogen) atoms. The Morgan fingerprint density at radius 1 is 1.46 bits per heavy atom. The first-order valence-corrected chi connectivity index (χ1v) is 12.2. The maximum absolute atomic E-state index is 10.6. The van der Waals surface area contributed by atoms with Crippen LogP contribution in [0.1, 0.15) is 51.6 Å². The van der Waals surface area contributed by atoms with Crippen molar-refractivity contribution in [1.82, 2.24) is 9.97 Å². The van der Waals surface area contributed by atoms with Crippen LogP contribution >= 0.6 is 19.5 Å². The molecule has 0 amide bonds. The molecule has 0 spiro atoms. The van der Waals surface area contributed by atoms with E-state index in [1.54, 1.807) is 6.20 Å². The number of hydrogen-bond donors (Lipinski definition) is 3. The highest BCUT2D eigenvalue weighted by atomic mass is 32.2. The number of aromatic nitrogens is 2. The minimum Gasteiger partial charge on any atom is -0.341 e. The summed E-state index contributed by atoms with van der Waals surface area (Å²) in [7, 11) is -3.06. The van der Waals surface area contributed by atoms with Crippen LogP contribution in [0.25, 0.3) is 0 Å². The molecule has 1 aliphatic heterocycles. The van der Waals surface area contributed by atoms with Crippen molar-refractivity contribution in [2.75, 3.05) is 23.7 Å². The van der Waals surface area contributed by atoms with E-state index in [1.165, 1.54) is 11.9 Å². The molecule has 1 aromatic rings. The monoisotopic (exact) mass is 401 g/mol. The molecule has 0 aromatic carbocycles. The van der Waals surface area contributed by atoms with Crippen LogP contribution in [0.15, 0.2) is 12.3 Å². The zero-order valence-electron chi connectivity index (χ0n) is 15.8. The van der Waals surface area contributed by atoms with Crippen molar-refractivity contribution in [3.63, 3.8) is 0 Å². The normalized spacial score (nSPS) is 19.3. The van der Waals surface area contributed by atoms with Crippen molar-refractivity contribution in [2.24, 2.45) is 5.14 Å². The first-order valence-electron chi connectivity index (χ1n) is 9.43. The largest absolute Gasteiger partial charge is 0.341 e. The summed E-state index contributed by atoms with van der Waals surface area (Å²) in [5.41, 5.74) is 0.967. The van der Waals surface area contributed by atoms with Gasteiger partial charge in [0.25, 0.3) is 0 Å². The van der Waals surface area contributed by atoms with Gasteiger partial charge in [-0.05, 0) is 31.7 Å². The molecule has 1 aliphatic rings. The van der Waals surface area contributed by atoms with Crippen LogP contribution in [0.5, 0.6) is 0 Å². The second-order valence-corrected chi connectivity index (χ2v) is 9.66. The molecular formula is C17H32N5O2PS. The molecule has 1 fully saturated rings. The molecule has 9 heteroatoms. The summed E-state index contributed by atoms with van der Waals surface area (Å²) in [5, 5.41) is 13.8. The van der Waals surface area contributed by atoms with E-state index in [4.69, 9.17) is 14.8 Å². The van der Waals surface area contributed by atoms with Gasteiger partial charge in [0.1, 0.15) is 0 Å². The van der Waals surface area contributed by atoms with Gasteiger partial charge in [0.2, 0.25) is 13.5 Å². The molecule has 0 saturated carbocycles. The lowest BCUT2D eigenvalue weighted by Gasteiger charge is -2.35. The molecule has 7 nitrogen and oxygen atoms in total. The van der Waals surface area contributed by atoms with Crippen molar-refractivity contribution in [3.05, 3.63) is 18.0 Å². The van der Waals surface area contributed by atoms with Gasteiger partial charge in [-0.15, -0.1) is 0 Å². The van der Waals surface area contributed by atoms with E-state index in [2.05, 4.69) is 21.8 Å². The second kappa shape index (κ2) is 10.6. The van der Waals surface area contributed by atoms with Crippen LogP contribution in [0, 0.1) is 5.16 Å². The van der Waals surface area contributed by atoms with Gasteiger partial charge >= 0.3 is 0 Å². The molecule has 2 heterocycles. The van der Waals surface area contributed by atoms with Crippen LogP contribution in [0.2, 0.25) is 0 Å². The highest BCUT2D eigenvalue weighted by Crippen LogP contribution is 2.53. The van der Waals surface area contributed by atoms with Gasteiger partial charge < -0.3 is 14.3 Å². The average molecular weight is 402 g/mol. The number of aryl methyl sites for hydroxylation is 1. The SMILES string of the molecule is CCCC(CC)P(=N)(O)OC1CCN(c2nccc(CCSN)n2)CC1. The Bertz CT molecular complexity index is 598. The molecule has 148 valence electrons. The second-order valence-electron chi connectivity index (χ2n) is 6.73. The Kier molecular flexibility index (Phi) is 8.84. The van der Waals surface area contributed by atoms with E-state index in [1.807, 2.05) is 13.0 Å². The van der Waals surface area contributed by atoms with Gasteiger partial charge in [0, 0.05) is 42.8 Å². The third kappa shape index (κ3) is 6.20. The molecule has 2 rings (SSSR count). The Morgan fingerprint density at radius 2 is 2.19 bits per heavy atom. The predicted octanol–water partition coefficient (Wildman–Crippen LogP) is 3.79. The lowest BCUT2D eigenvalue weighted by atomic mass is 10.1. The predicted molar refractivity (Wildman–Crippen MR) is 110 cm³/mol. The quantitative estimate of drug-likeness (QED) is 0.404. The standard InChI is InChI=1S/C17H32N5O2PS/c1-3-5-16(4-2)25(18,23)24-15-7-11-22(12-8-15)17-20-10-6-14(21-17)9-13-26-19/h6,10,15-16H,3-5,7-9,11-13,19H2,1-2H3,(H2,18,23). The fourth-order valence-corrected chi connectivity index (χ4v) is 5.54. The number of piperidine rings is 1. The highest BCUT2D eigenvalue weighted by Gasteiger charge is 2.31. The maximum atomic E-state index is 10.6. The summed E-state index contributed by atoms with van der Waals surface area (Å²) in [6, 6.07) is 1.93. The van der Waals surface area contributed by atoms with E-state index in [0.29, 0.717) is 0 Å². The Morgan fingerprint density at radius 3 is 2.81 bits per heavy atom. The lowest BCUT2D eigenvalue weighted by Crippen LogP contribution is -2.38. The van der Waals surface area contributed by atoms with Crippen molar-refractivity contribution in [1.29, 1.82) is 5.16 Å². The summed E-state index contributed by atoms with van der Waals surface area (Å²) in [6.45, 7) is 5.68. The molecule has 1 aromatic heterocycles. The molecule has 2 atom stereocenters. The molecule has 0 radical (unpaired) electrons. The van der Waals surface area contributed by atoms with Crippen LogP contribution in [-0.2, 0) is 10.9 Å². The highest BCUT2D eigenvalue weighted by molar-refractivity contribution is 7.97. The van der Waals surface area contributed by atoms with E-state index in [0.717, 1.165) is 69.0 Å². The summed E-state index contributed by atoms with van der Waals surface area (Å²) in [6.07, 6.45) is 6.77. The van der Waals surface area contributed by atoms with E-state index >= 15 is 0 Å². The molecule has 0 aliphatic carbocycles. The smallest absolute Gasteiger partial charge is 0.225 e. The molecule has 4 N–H and O–H groups in total. The zero-order valence-corrected chi connectivity index (χ0v) is 17.5. The molecule has 0 bridgehead atoms.